The van der Waals surface area contributed by atoms with Crippen molar-refractivity contribution in [3.8, 4) is 17.0 Å². The van der Waals surface area contributed by atoms with Gasteiger partial charge in [0.15, 0.2) is 5.82 Å². The lowest BCUT2D eigenvalue weighted by molar-refractivity contribution is -0.116. The van der Waals surface area contributed by atoms with Crippen LogP contribution in [0.4, 0.5) is 5.82 Å². The SMILES string of the molecule is CC(C)=Cc1nc2c(nc1NC(=O)CC(C)C)CCc1cc(O)ccc1-2. The average Bonchev–Trinajstić information content (AvgIpc) is 2.53. The number of phenols is 1. The molecule has 0 saturated heterocycles. The number of aromatic nitrogens is 2. The summed E-state index contributed by atoms with van der Waals surface area (Å²) in [7, 11) is 0. The van der Waals surface area contributed by atoms with Gasteiger partial charge in [-0.25, -0.2) is 9.97 Å². The quantitative estimate of drug-likeness (QED) is 0.858. The number of phenolic OH excluding ortho intramolecular Hbond substituents is 1. The van der Waals surface area contributed by atoms with Crippen molar-refractivity contribution in [3.63, 3.8) is 0 Å². The third kappa shape index (κ3) is 3.93. The Balaban J connectivity index is 2.06. The number of aromatic hydroxyl groups is 1. The normalized spacial score (nSPS) is 12.3. The van der Waals surface area contributed by atoms with Crippen molar-refractivity contribution < 1.29 is 9.90 Å². The number of carbonyl (C=O) groups excluding carboxylic acids is 1. The molecule has 0 atom stereocenters. The maximum atomic E-state index is 12.2. The maximum Gasteiger partial charge on any atom is 0.225 e. The van der Waals surface area contributed by atoms with E-state index >= 15 is 0 Å². The van der Waals surface area contributed by atoms with Gasteiger partial charge >= 0.3 is 0 Å². The molecule has 0 radical (unpaired) electrons. The Labute approximate surface area is 154 Å². The highest BCUT2D eigenvalue weighted by Gasteiger charge is 2.22. The third-order valence-electron chi connectivity index (χ3n) is 4.25. The molecule has 1 aliphatic carbocycles. The molecule has 1 heterocycles. The highest BCUT2D eigenvalue weighted by molar-refractivity contribution is 5.92. The van der Waals surface area contributed by atoms with Gasteiger partial charge in [0.1, 0.15) is 11.4 Å². The Kier molecular flexibility index (Phi) is 5.07. The first-order chi connectivity index (χ1) is 12.3. The van der Waals surface area contributed by atoms with Crippen molar-refractivity contribution in [2.45, 2.75) is 47.0 Å². The summed E-state index contributed by atoms with van der Waals surface area (Å²) >= 11 is 0. The molecule has 0 bridgehead atoms. The van der Waals surface area contributed by atoms with Crippen molar-refractivity contribution in [1.82, 2.24) is 9.97 Å². The predicted octanol–water partition coefficient (Wildman–Crippen LogP) is 4.36. The standard InChI is InChI=1S/C21H25N3O2/c1-12(2)9-18-21(24-19(26)10-13(3)4)23-17-8-5-14-11-15(25)6-7-16(14)20(17)22-18/h6-7,9,11,13,25H,5,8,10H2,1-4H3,(H,23,24,26). The van der Waals surface area contributed by atoms with Crippen molar-refractivity contribution >= 4 is 17.8 Å². The second-order valence-corrected chi connectivity index (χ2v) is 7.46. The number of hydrogen-bond acceptors (Lipinski definition) is 4. The van der Waals surface area contributed by atoms with Gasteiger partial charge in [0.25, 0.3) is 0 Å². The van der Waals surface area contributed by atoms with Crippen LogP contribution in [-0.2, 0) is 17.6 Å². The first-order valence-corrected chi connectivity index (χ1v) is 9.01. The van der Waals surface area contributed by atoms with E-state index in [1.54, 1.807) is 12.1 Å². The van der Waals surface area contributed by atoms with Crippen LogP contribution < -0.4 is 5.32 Å². The number of fused-ring (bicyclic) bond motifs is 3. The average molecular weight is 351 g/mol. The van der Waals surface area contributed by atoms with Crippen LogP contribution >= 0.6 is 0 Å². The van der Waals surface area contributed by atoms with Crippen molar-refractivity contribution in [3.05, 3.63) is 40.7 Å². The van der Waals surface area contributed by atoms with E-state index in [1.807, 2.05) is 39.8 Å². The molecule has 26 heavy (non-hydrogen) atoms. The van der Waals surface area contributed by atoms with E-state index in [4.69, 9.17) is 9.97 Å². The number of benzene rings is 1. The smallest absolute Gasteiger partial charge is 0.225 e. The summed E-state index contributed by atoms with van der Waals surface area (Å²) in [5, 5.41) is 12.7. The minimum Gasteiger partial charge on any atom is -0.508 e. The summed E-state index contributed by atoms with van der Waals surface area (Å²) in [5.41, 5.74) is 5.54. The Morgan fingerprint density at radius 1 is 1.27 bits per heavy atom. The van der Waals surface area contributed by atoms with Crippen LogP contribution in [0.3, 0.4) is 0 Å². The number of carbonyl (C=O) groups is 1. The molecule has 2 aromatic rings. The zero-order valence-corrected chi connectivity index (χ0v) is 15.8. The molecule has 1 amide bonds. The van der Waals surface area contributed by atoms with E-state index < -0.39 is 0 Å². The van der Waals surface area contributed by atoms with Gasteiger partial charge in [-0.3, -0.25) is 4.79 Å². The number of amides is 1. The molecule has 5 nitrogen and oxygen atoms in total. The van der Waals surface area contributed by atoms with E-state index in [1.165, 1.54) is 0 Å². The number of rotatable bonds is 4. The van der Waals surface area contributed by atoms with Crippen LogP contribution in [0.1, 0.15) is 51.1 Å². The van der Waals surface area contributed by atoms with Crippen LogP contribution in [-0.4, -0.2) is 21.0 Å². The molecule has 0 unspecified atom stereocenters. The minimum absolute atomic E-state index is 0.0428. The van der Waals surface area contributed by atoms with Gasteiger partial charge < -0.3 is 10.4 Å². The Morgan fingerprint density at radius 3 is 2.73 bits per heavy atom. The van der Waals surface area contributed by atoms with E-state index in [0.717, 1.165) is 40.9 Å². The molecule has 5 heteroatoms. The largest absolute Gasteiger partial charge is 0.508 e. The molecule has 0 spiro atoms. The zero-order valence-electron chi connectivity index (χ0n) is 15.8. The van der Waals surface area contributed by atoms with Crippen LogP contribution in [0.5, 0.6) is 5.75 Å². The molecular formula is C21H25N3O2. The molecule has 1 aromatic carbocycles. The highest BCUT2D eigenvalue weighted by Crippen LogP contribution is 2.34. The first-order valence-electron chi connectivity index (χ1n) is 9.01. The lowest BCUT2D eigenvalue weighted by Crippen LogP contribution is -2.18. The monoisotopic (exact) mass is 351 g/mol. The van der Waals surface area contributed by atoms with Gasteiger partial charge in [-0.15, -0.1) is 0 Å². The number of hydrogen-bond donors (Lipinski definition) is 2. The highest BCUT2D eigenvalue weighted by atomic mass is 16.3. The molecule has 3 rings (SSSR count). The molecule has 0 aliphatic heterocycles. The summed E-state index contributed by atoms with van der Waals surface area (Å²) in [6.07, 6.45) is 3.93. The van der Waals surface area contributed by atoms with Gasteiger partial charge in [-0.05, 0) is 62.4 Å². The van der Waals surface area contributed by atoms with Gasteiger partial charge in [0, 0.05) is 12.0 Å². The second kappa shape index (κ2) is 7.28. The van der Waals surface area contributed by atoms with E-state index in [9.17, 15) is 9.90 Å². The van der Waals surface area contributed by atoms with Crippen molar-refractivity contribution in [2.75, 3.05) is 5.32 Å². The molecule has 136 valence electrons. The second-order valence-electron chi connectivity index (χ2n) is 7.46. The molecular weight excluding hydrogens is 326 g/mol. The Bertz CT molecular complexity index is 881. The molecule has 1 aliphatic rings. The predicted molar refractivity (Wildman–Crippen MR) is 104 cm³/mol. The first kappa shape index (κ1) is 18.1. The Morgan fingerprint density at radius 2 is 2.04 bits per heavy atom. The summed E-state index contributed by atoms with van der Waals surface area (Å²) in [5.74, 6) is 1.03. The van der Waals surface area contributed by atoms with Gasteiger partial charge in [0.2, 0.25) is 5.91 Å². The van der Waals surface area contributed by atoms with Gasteiger partial charge in [-0.1, -0.05) is 19.4 Å². The van der Waals surface area contributed by atoms with Crippen LogP contribution in [0.25, 0.3) is 17.3 Å². The van der Waals surface area contributed by atoms with Crippen LogP contribution in [0, 0.1) is 5.92 Å². The van der Waals surface area contributed by atoms with E-state index in [-0.39, 0.29) is 17.6 Å². The summed E-state index contributed by atoms with van der Waals surface area (Å²) in [6, 6.07) is 5.36. The number of anilines is 1. The number of aryl methyl sites for hydroxylation is 2. The fourth-order valence-corrected chi connectivity index (χ4v) is 3.16. The van der Waals surface area contributed by atoms with E-state index in [2.05, 4.69) is 5.32 Å². The van der Waals surface area contributed by atoms with E-state index in [0.29, 0.717) is 17.9 Å². The third-order valence-corrected chi connectivity index (χ3v) is 4.25. The summed E-state index contributed by atoms with van der Waals surface area (Å²) in [6.45, 7) is 8.02. The van der Waals surface area contributed by atoms with Crippen LogP contribution in [0.2, 0.25) is 0 Å². The maximum absolute atomic E-state index is 12.2. The number of allylic oxidation sites excluding steroid dienone is 1. The minimum atomic E-state index is -0.0428. The van der Waals surface area contributed by atoms with Gasteiger partial charge in [-0.2, -0.15) is 0 Å². The lowest BCUT2D eigenvalue weighted by atomic mass is 9.91. The molecule has 0 saturated carbocycles. The molecule has 1 aromatic heterocycles. The summed E-state index contributed by atoms with van der Waals surface area (Å²) < 4.78 is 0. The summed E-state index contributed by atoms with van der Waals surface area (Å²) in [4.78, 5) is 21.8. The molecule has 0 fully saturated rings. The topological polar surface area (TPSA) is 75.1 Å². The fraction of sp³-hybridized carbons (Fsp3) is 0.381. The zero-order chi connectivity index (χ0) is 18.8. The van der Waals surface area contributed by atoms with Crippen LogP contribution in [0.15, 0.2) is 23.8 Å². The van der Waals surface area contributed by atoms with Crippen molar-refractivity contribution in [2.24, 2.45) is 5.92 Å². The van der Waals surface area contributed by atoms with Crippen molar-refractivity contribution in [1.29, 1.82) is 0 Å². The number of nitrogens with zero attached hydrogens (tertiary/aromatic N) is 2. The molecule has 2 N–H and O–H groups in total. The Hall–Kier alpha value is -2.69. The van der Waals surface area contributed by atoms with Gasteiger partial charge in [0.05, 0.1) is 11.4 Å². The lowest BCUT2D eigenvalue weighted by Gasteiger charge is -2.20. The fourth-order valence-electron chi connectivity index (χ4n) is 3.16. The number of nitrogens with one attached hydrogen (secondary N) is 1.